The van der Waals surface area contributed by atoms with Crippen molar-refractivity contribution in [2.24, 2.45) is 5.92 Å². The zero-order valence-corrected chi connectivity index (χ0v) is 15.4. The van der Waals surface area contributed by atoms with E-state index in [1.165, 1.54) is 12.8 Å². The Bertz CT molecular complexity index is 678. The molecule has 24 heavy (non-hydrogen) atoms. The number of hydrogen-bond donors (Lipinski definition) is 1. The van der Waals surface area contributed by atoms with Gasteiger partial charge in [-0.3, -0.25) is 4.79 Å². The first-order valence-corrected chi connectivity index (χ1v) is 9.36. The Balaban J connectivity index is 1.61. The standard InChI is InChI=1S/C18H25N3O2S/c1-13-6-4-8-21(11-13)12-18(2,3)19-17(22)14-10-15(23-20-14)16-7-5-9-24-16/h5,7,9-10,13H,4,6,8,11-12H2,1-3H3,(H,19,22). The maximum atomic E-state index is 12.5. The van der Waals surface area contributed by atoms with Crippen LogP contribution in [-0.2, 0) is 0 Å². The fourth-order valence-electron chi connectivity index (χ4n) is 3.32. The molecule has 1 aliphatic rings. The number of nitrogens with one attached hydrogen (secondary N) is 1. The smallest absolute Gasteiger partial charge is 0.273 e. The van der Waals surface area contributed by atoms with Gasteiger partial charge in [-0.1, -0.05) is 18.1 Å². The van der Waals surface area contributed by atoms with Crippen LogP contribution < -0.4 is 5.32 Å². The molecule has 3 rings (SSSR count). The number of amides is 1. The summed E-state index contributed by atoms with van der Waals surface area (Å²) in [6, 6.07) is 5.61. The normalized spacial score (nSPS) is 19.4. The van der Waals surface area contributed by atoms with Crippen molar-refractivity contribution >= 4 is 17.2 Å². The molecular formula is C18H25N3O2S. The van der Waals surface area contributed by atoms with Crippen LogP contribution in [0, 0.1) is 5.92 Å². The Hall–Kier alpha value is -1.66. The van der Waals surface area contributed by atoms with Gasteiger partial charge in [-0.05, 0) is 50.6 Å². The second-order valence-electron chi connectivity index (χ2n) is 7.37. The van der Waals surface area contributed by atoms with Gasteiger partial charge in [0.25, 0.3) is 5.91 Å². The van der Waals surface area contributed by atoms with Crippen LogP contribution >= 0.6 is 11.3 Å². The fourth-order valence-corrected chi connectivity index (χ4v) is 3.99. The summed E-state index contributed by atoms with van der Waals surface area (Å²) in [6.45, 7) is 9.47. The Morgan fingerprint density at radius 1 is 1.54 bits per heavy atom. The Labute approximate surface area is 147 Å². The molecule has 0 spiro atoms. The van der Waals surface area contributed by atoms with E-state index in [1.54, 1.807) is 17.4 Å². The Kier molecular flexibility index (Phi) is 5.06. The van der Waals surface area contributed by atoms with Crippen molar-refractivity contribution in [3.8, 4) is 10.6 Å². The van der Waals surface area contributed by atoms with Gasteiger partial charge in [0.2, 0.25) is 0 Å². The molecule has 6 heteroatoms. The molecule has 0 saturated carbocycles. The first-order chi connectivity index (χ1) is 11.4. The summed E-state index contributed by atoms with van der Waals surface area (Å²) < 4.78 is 5.30. The Morgan fingerprint density at radius 2 is 2.38 bits per heavy atom. The maximum Gasteiger partial charge on any atom is 0.273 e. The van der Waals surface area contributed by atoms with Crippen LogP contribution in [0.3, 0.4) is 0 Å². The lowest BCUT2D eigenvalue weighted by molar-refractivity contribution is 0.0854. The lowest BCUT2D eigenvalue weighted by Gasteiger charge is -2.37. The van der Waals surface area contributed by atoms with Gasteiger partial charge >= 0.3 is 0 Å². The van der Waals surface area contributed by atoms with Gasteiger partial charge in [0.1, 0.15) is 0 Å². The molecule has 130 valence electrons. The number of aromatic nitrogens is 1. The summed E-state index contributed by atoms with van der Waals surface area (Å²) in [7, 11) is 0. The van der Waals surface area contributed by atoms with Crippen LogP contribution in [0.5, 0.6) is 0 Å². The third-order valence-electron chi connectivity index (χ3n) is 4.32. The van der Waals surface area contributed by atoms with Crippen molar-refractivity contribution in [1.82, 2.24) is 15.4 Å². The van der Waals surface area contributed by atoms with Gasteiger partial charge in [-0.15, -0.1) is 11.3 Å². The monoisotopic (exact) mass is 347 g/mol. The minimum atomic E-state index is -0.309. The van der Waals surface area contributed by atoms with Crippen molar-refractivity contribution in [3.63, 3.8) is 0 Å². The van der Waals surface area contributed by atoms with Crippen LogP contribution in [-0.4, -0.2) is 41.1 Å². The summed E-state index contributed by atoms with van der Waals surface area (Å²) in [5, 5.41) is 8.99. The zero-order valence-electron chi connectivity index (χ0n) is 14.5. The van der Waals surface area contributed by atoms with Crippen LogP contribution in [0.15, 0.2) is 28.1 Å². The molecule has 0 aliphatic carbocycles. The van der Waals surface area contributed by atoms with Gasteiger partial charge in [0.05, 0.1) is 4.88 Å². The number of carbonyl (C=O) groups is 1. The third-order valence-corrected chi connectivity index (χ3v) is 5.20. The predicted molar refractivity (Wildman–Crippen MR) is 96.2 cm³/mol. The first kappa shape index (κ1) is 17.2. The molecular weight excluding hydrogens is 322 g/mol. The highest BCUT2D eigenvalue weighted by Crippen LogP contribution is 2.25. The number of thiophene rings is 1. The van der Waals surface area contributed by atoms with E-state index < -0.39 is 0 Å². The molecule has 1 saturated heterocycles. The molecule has 1 N–H and O–H groups in total. The minimum absolute atomic E-state index is 0.184. The second-order valence-corrected chi connectivity index (χ2v) is 8.32. The second kappa shape index (κ2) is 7.07. The molecule has 1 fully saturated rings. The lowest BCUT2D eigenvalue weighted by Crippen LogP contribution is -2.53. The van der Waals surface area contributed by atoms with Crippen molar-refractivity contribution in [2.75, 3.05) is 19.6 Å². The number of rotatable bonds is 5. The SMILES string of the molecule is CC1CCCN(CC(C)(C)NC(=O)c2cc(-c3cccs3)on2)C1. The molecule has 0 aromatic carbocycles. The van der Waals surface area contributed by atoms with E-state index in [2.05, 4.69) is 36.1 Å². The highest BCUT2D eigenvalue weighted by atomic mass is 32.1. The summed E-state index contributed by atoms with van der Waals surface area (Å²) >= 11 is 1.57. The molecule has 2 aromatic rings. The largest absolute Gasteiger partial charge is 0.355 e. The first-order valence-electron chi connectivity index (χ1n) is 8.48. The van der Waals surface area contributed by atoms with E-state index in [0.717, 1.165) is 30.4 Å². The van der Waals surface area contributed by atoms with Crippen LogP contribution in [0.4, 0.5) is 0 Å². The molecule has 3 heterocycles. The average Bonchev–Trinajstić information content (AvgIpc) is 3.17. The number of piperidine rings is 1. The lowest BCUT2D eigenvalue weighted by atomic mass is 9.97. The molecule has 0 radical (unpaired) electrons. The fraction of sp³-hybridized carbons (Fsp3) is 0.556. The molecule has 0 bridgehead atoms. The Morgan fingerprint density at radius 3 is 3.08 bits per heavy atom. The molecule has 1 atom stereocenters. The number of nitrogens with zero attached hydrogens (tertiary/aromatic N) is 2. The minimum Gasteiger partial charge on any atom is -0.355 e. The van der Waals surface area contributed by atoms with Crippen LogP contribution in [0.2, 0.25) is 0 Å². The van der Waals surface area contributed by atoms with Gasteiger partial charge in [0.15, 0.2) is 11.5 Å². The van der Waals surface area contributed by atoms with E-state index in [1.807, 2.05) is 17.5 Å². The molecule has 5 nitrogen and oxygen atoms in total. The summed E-state index contributed by atoms with van der Waals surface area (Å²) in [6.07, 6.45) is 2.53. The number of hydrogen-bond acceptors (Lipinski definition) is 5. The van der Waals surface area contributed by atoms with E-state index in [-0.39, 0.29) is 11.4 Å². The van der Waals surface area contributed by atoms with Crippen LogP contribution in [0.25, 0.3) is 10.6 Å². The summed E-state index contributed by atoms with van der Waals surface area (Å²) in [4.78, 5) is 15.9. The highest BCUT2D eigenvalue weighted by molar-refractivity contribution is 7.13. The average molecular weight is 347 g/mol. The summed E-state index contributed by atoms with van der Waals surface area (Å²) in [5.74, 6) is 1.18. The zero-order chi connectivity index (χ0) is 17.2. The number of carbonyl (C=O) groups excluding carboxylic acids is 1. The topological polar surface area (TPSA) is 58.4 Å². The third kappa shape index (κ3) is 4.24. The van der Waals surface area contributed by atoms with Crippen molar-refractivity contribution in [3.05, 3.63) is 29.3 Å². The van der Waals surface area contributed by atoms with Crippen molar-refractivity contribution in [2.45, 2.75) is 39.2 Å². The predicted octanol–water partition coefficient (Wildman–Crippen LogP) is 3.64. The van der Waals surface area contributed by atoms with Crippen molar-refractivity contribution < 1.29 is 9.32 Å². The molecule has 1 amide bonds. The summed E-state index contributed by atoms with van der Waals surface area (Å²) in [5.41, 5.74) is 0.0226. The quantitative estimate of drug-likeness (QED) is 0.897. The van der Waals surface area contributed by atoms with E-state index in [0.29, 0.717) is 11.5 Å². The van der Waals surface area contributed by atoms with Crippen molar-refractivity contribution in [1.29, 1.82) is 0 Å². The van der Waals surface area contributed by atoms with Gasteiger partial charge in [-0.2, -0.15) is 0 Å². The van der Waals surface area contributed by atoms with E-state index >= 15 is 0 Å². The van der Waals surface area contributed by atoms with Gasteiger partial charge < -0.3 is 14.7 Å². The molecule has 1 unspecified atom stereocenters. The molecule has 2 aromatic heterocycles. The van der Waals surface area contributed by atoms with E-state index in [9.17, 15) is 4.79 Å². The highest BCUT2D eigenvalue weighted by Gasteiger charge is 2.28. The molecule has 1 aliphatic heterocycles. The number of likely N-dealkylation sites (tertiary alicyclic amines) is 1. The van der Waals surface area contributed by atoms with Crippen LogP contribution in [0.1, 0.15) is 44.1 Å². The van der Waals surface area contributed by atoms with Gasteiger partial charge in [-0.25, -0.2) is 0 Å². The maximum absolute atomic E-state index is 12.5. The van der Waals surface area contributed by atoms with E-state index in [4.69, 9.17) is 4.52 Å². The van der Waals surface area contributed by atoms with Gasteiger partial charge in [0, 0.05) is 24.7 Å².